The van der Waals surface area contributed by atoms with Gasteiger partial charge in [-0.05, 0) is 36.4 Å². The minimum Gasteiger partial charge on any atom is -0.497 e. The zero-order valence-corrected chi connectivity index (χ0v) is 13.3. The molecule has 0 unspecified atom stereocenters. The lowest BCUT2D eigenvalue weighted by molar-refractivity contribution is 0.0952. The van der Waals surface area contributed by atoms with Crippen LogP contribution in [0.1, 0.15) is 10.4 Å². The van der Waals surface area contributed by atoms with Gasteiger partial charge in [-0.25, -0.2) is 4.98 Å². The summed E-state index contributed by atoms with van der Waals surface area (Å²) < 4.78 is 7.06. The Morgan fingerprint density at radius 3 is 2.67 bits per heavy atom. The van der Waals surface area contributed by atoms with Crippen LogP contribution in [0, 0.1) is 0 Å². The van der Waals surface area contributed by atoms with Gasteiger partial charge in [0.2, 0.25) is 0 Å². The number of imidazole rings is 1. The lowest BCUT2D eigenvalue weighted by Gasteiger charge is -2.09. The average molecular weight is 322 g/mol. The average Bonchev–Trinajstić information content (AvgIpc) is 3.11. The maximum atomic E-state index is 12.1. The van der Waals surface area contributed by atoms with E-state index in [1.54, 1.807) is 43.8 Å². The Morgan fingerprint density at radius 2 is 1.96 bits per heavy atom. The number of ether oxygens (including phenoxy) is 1. The van der Waals surface area contributed by atoms with Crippen molar-refractivity contribution in [2.45, 2.75) is 6.54 Å². The Kier molecular flexibility index (Phi) is 4.86. The summed E-state index contributed by atoms with van der Waals surface area (Å²) in [5, 5.41) is 2.90. The zero-order valence-electron chi connectivity index (χ0n) is 13.3. The number of nitrogens with zero attached hydrogens (tertiary/aromatic N) is 3. The second-order valence-corrected chi connectivity index (χ2v) is 5.14. The number of carbonyl (C=O) groups excluding carboxylic acids is 1. The van der Waals surface area contributed by atoms with E-state index in [9.17, 15) is 4.79 Å². The molecule has 0 saturated heterocycles. The summed E-state index contributed by atoms with van der Waals surface area (Å²) in [5.41, 5.74) is 1.41. The van der Waals surface area contributed by atoms with Gasteiger partial charge in [-0.2, -0.15) is 0 Å². The Bertz CT molecular complexity index is 797. The summed E-state index contributed by atoms with van der Waals surface area (Å²) >= 11 is 0. The number of carbonyl (C=O) groups is 1. The highest BCUT2D eigenvalue weighted by Crippen LogP contribution is 2.14. The second kappa shape index (κ2) is 7.41. The second-order valence-electron chi connectivity index (χ2n) is 5.14. The van der Waals surface area contributed by atoms with Crippen molar-refractivity contribution in [3.8, 4) is 17.3 Å². The quantitative estimate of drug-likeness (QED) is 0.756. The van der Waals surface area contributed by atoms with Gasteiger partial charge in [-0.3, -0.25) is 9.78 Å². The number of methoxy groups -OCH3 is 1. The fourth-order valence-electron chi connectivity index (χ4n) is 2.35. The first-order chi connectivity index (χ1) is 11.8. The van der Waals surface area contributed by atoms with Gasteiger partial charge in [0, 0.05) is 37.2 Å². The summed E-state index contributed by atoms with van der Waals surface area (Å²) in [6.07, 6.45) is 5.35. The molecule has 0 aliphatic heterocycles. The van der Waals surface area contributed by atoms with Crippen LogP contribution in [0.3, 0.4) is 0 Å². The first-order valence-electron chi connectivity index (χ1n) is 7.63. The van der Waals surface area contributed by atoms with E-state index in [-0.39, 0.29) is 5.91 Å². The summed E-state index contributed by atoms with van der Waals surface area (Å²) in [4.78, 5) is 20.8. The Balaban J connectivity index is 1.59. The largest absolute Gasteiger partial charge is 0.497 e. The van der Waals surface area contributed by atoms with Crippen molar-refractivity contribution >= 4 is 5.91 Å². The number of amides is 1. The maximum absolute atomic E-state index is 12.1. The minimum atomic E-state index is -0.114. The maximum Gasteiger partial charge on any atom is 0.251 e. The Hall–Kier alpha value is -3.15. The summed E-state index contributed by atoms with van der Waals surface area (Å²) in [6, 6.07) is 12.7. The van der Waals surface area contributed by atoms with Crippen molar-refractivity contribution in [3.63, 3.8) is 0 Å². The molecule has 0 aliphatic rings. The van der Waals surface area contributed by atoms with Crippen molar-refractivity contribution < 1.29 is 9.53 Å². The first kappa shape index (κ1) is 15.7. The van der Waals surface area contributed by atoms with E-state index in [1.807, 2.05) is 29.0 Å². The summed E-state index contributed by atoms with van der Waals surface area (Å²) in [6.45, 7) is 1.12. The third kappa shape index (κ3) is 3.60. The third-order valence-electron chi connectivity index (χ3n) is 3.60. The van der Waals surface area contributed by atoms with Crippen LogP contribution in [0.25, 0.3) is 11.5 Å². The summed E-state index contributed by atoms with van der Waals surface area (Å²) in [5.74, 6) is 1.40. The molecule has 0 spiro atoms. The number of aromatic nitrogens is 3. The SMILES string of the molecule is COc1ccc(C(=O)NCCn2ccnc2-c2ccccn2)cc1. The van der Waals surface area contributed by atoms with E-state index in [4.69, 9.17) is 4.74 Å². The number of hydrogen-bond donors (Lipinski definition) is 1. The standard InChI is InChI=1S/C18H18N4O2/c1-24-15-7-5-14(6-8-15)18(23)21-11-13-22-12-10-20-17(22)16-4-2-3-9-19-16/h2-10,12H,11,13H2,1H3,(H,21,23). The molecule has 0 fully saturated rings. The number of rotatable bonds is 6. The van der Waals surface area contributed by atoms with Crippen LogP contribution in [0.5, 0.6) is 5.75 Å². The molecule has 122 valence electrons. The molecular weight excluding hydrogens is 304 g/mol. The van der Waals surface area contributed by atoms with Crippen LogP contribution >= 0.6 is 0 Å². The molecule has 24 heavy (non-hydrogen) atoms. The van der Waals surface area contributed by atoms with Crippen molar-refractivity contribution in [2.75, 3.05) is 13.7 Å². The van der Waals surface area contributed by atoms with Crippen molar-refractivity contribution in [1.29, 1.82) is 0 Å². The van der Waals surface area contributed by atoms with E-state index in [1.165, 1.54) is 0 Å². The van der Waals surface area contributed by atoms with Gasteiger partial charge in [0.05, 0.1) is 7.11 Å². The number of benzene rings is 1. The Labute approximate surface area is 140 Å². The monoisotopic (exact) mass is 322 g/mol. The number of nitrogens with one attached hydrogen (secondary N) is 1. The van der Waals surface area contributed by atoms with Gasteiger partial charge in [-0.1, -0.05) is 6.07 Å². The number of pyridine rings is 1. The van der Waals surface area contributed by atoms with Crippen LogP contribution < -0.4 is 10.1 Å². The third-order valence-corrected chi connectivity index (χ3v) is 3.60. The molecule has 0 saturated carbocycles. The van der Waals surface area contributed by atoms with E-state index >= 15 is 0 Å². The van der Waals surface area contributed by atoms with Gasteiger partial charge < -0.3 is 14.6 Å². The first-order valence-corrected chi connectivity index (χ1v) is 7.63. The van der Waals surface area contributed by atoms with E-state index in [0.29, 0.717) is 18.7 Å². The van der Waals surface area contributed by atoms with Crippen molar-refractivity contribution in [3.05, 3.63) is 66.6 Å². The van der Waals surface area contributed by atoms with Crippen LogP contribution in [0.4, 0.5) is 0 Å². The lowest BCUT2D eigenvalue weighted by atomic mass is 10.2. The fraction of sp³-hybridized carbons (Fsp3) is 0.167. The zero-order chi connectivity index (χ0) is 16.8. The minimum absolute atomic E-state index is 0.114. The van der Waals surface area contributed by atoms with Gasteiger partial charge in [-0.15, -0.1) is 0 Å². The van der Waals surface area contributed by atoms with Gasteiger partial charge in [0.1, 0.15) is 11.4 Å². The molecular formula is C18H18N4O2. The fourth-order valence-corrected chi connectivity index (χ4v) is 2.35. The van der Waals surface area contributed by atoms with Gasteiger partial charge in [0.25, 0.3) is 5.91 Å². The topological polar surface area (TPSA) is 69.0 Å². The van der Waals surface area contributed by atoms with Crippen LogP contribution in [0.15, 0.2) is 61.1 Å². The normalized spacial score (nSPS) is 10.4. The highest BCUT2D eigenvalue weighted by Gasteiger charge is 2.08. The highest BCUT2D eigenvalue weighted by molar-refractivity contribution is 5.94. The molecule has 0 aliphatic carbocycles. The number of hydrogen-bond acceptors (Lipinski definition) is 4. The molecule has 6 heteroatoms. The molecule has 6 nitrogen and oxygen atoms in total. The smallest absolute Gasteiger partial charge is 0.251 e. The van der Waals surface area contributed by atoms with Gasteiger partial charge in [0.15, 0.2) is 5.82 Å². The molecule has 3 rings (SSSR count). The van der Waals surface area contributed by atoms with Crippen molar-refractivity contribution in [1.82, 2.24) is 19.9 Å². The highest BCUT2D eigenvalue weighted by atomic mass is 16.5. The predicted octanol–water partition coefficient (Wildman–Crippen LogP) is 2.38. The van der Waals surface area contributed by atoms with Crippen LogP contribution in [0.2, 0.25) is 0 Å². The van der Waals surface area contributed by atoms with Crippen molar-refractivity contribution in [2.24, 2.45) is 0 Å². The van der Waals surface area contributed by atoms with E-state index in [0.717, 1.165) is 17.3 Å². The molecule has 0 atom stereocenters. The molecule has 2 heterocycles. The molecule has 0 bridgehead atoms. The van der Waals surface area contributed by atoms with Crippen LogP contribution in [-0.4, -0.2) is 34.1 Å². The molecule has 3 aromatic rings. The van der Waals surface area contributed by atoms with Crippen LogP contribution in [-0.2, 0) is 6.54 Å². The van der Waals surface area contributed by atoms with E-state index in [2.05, 4.69) is 15.3 Å². The molecule has 2 aromatic heterocycles. The predicted molar refractivity (Wildman–Crippen MR) is 90.8 cm³/mol. The summed E-state index contributed by atoms with van der Waals surface area (Å²) in [7, 11) is 1.60. The molecule has 1 N–H and O–H groups in total. The molecule has 1 amide bonds. The molecule has 1 aromatic carbocycles. The van der Waals surface area contributed by atoms with Gasteiger partial charge >= 0.3 is 0 Å². The molecule has 0 radical (unpaired) electrons. The Morgan fingerprint density at radius 1 is 1.12 bits per heavy atom. The van der Waals surface area contributed by atoms with E-state index < -0.39 is 0 Å². The lowest BCUT2D eigenvalue weighted by Crippen LogP contribution is -2.27.